The van der Waals surface area contributed by atoms with Crippen molar-refractivity contribution < 1.29 is 4.39 Å². The maximum absolute atomic E-state index is 13.6. The molecule has 0 bridgehead atoms. The van der Waals surface area contributed by atoms with Gasteiger partial charge in [-0.3, -0.25) is 0 Å². The summed E-state index contributed by atoms with van der Waals surface area (Å²) in [7, 11) is 0. The highest BCUT2D eigenvalue weighted by atomic mass is 35.5. The molecule has 0 unspecified atom stereocenters. The van der Waals surface area contributed by atoms with Gasteiger partial charge in [0.2, 0.25) is 0 Å². The fourth-order valence-corrected chi connectivity index (χ4v) is 1.76. The molecule has 0 aliphatic carbocycles. The summed E-state index contributed by atoms with van der Waals surface area (Å²) >= 11 is 10.7. The molecular formula is C11H8ClFN2S. The molecule has 1 N–H and O–H groups in total. The summed E-state index contributed by atoms with van der Waals surface area (Å²) in [5, 5.41) is 0.609. The number of aromatic nitrogens is 2. The van der Waals surface area contributed by atoms with Crippen molar-refractivity contribution in [3.8, 4) is 0 Å². The van der Waals surface area contributed by atoms with Crippen LogP contribution in [-0.2, 0) is 6.42 Å². The van der Waals surface area contributed by atoms with E-state index in [-0.39, 0.29) is 4.64 Å². The zero-order chi connectivity index (χ0) is 11.5. The van der Waals surface area contributed by atoms with Crippen LogP contribution in [0.15, 0.2) is 30.6 Å². The fraction of sp³-hybridized carbons (Fsp3) is 0.0909. The van der Waals surface area contributed by atoms with Crippen molar-refractivity contribution in [2.45, 2.75) is 6.42 Å². The van der Waals surface area contributed by atoms with E-state index in [9.17, 15) is 4.39 Å². The largest absolute Gasteiger partial charge is 0.347 e. The summed E-state index contributed by atoms with van der Waals surface area (Å²) in [5.74, 6) is -0.489. The van der Waals surface area contributed by atoms with Crippen molar-refractivity contribution in [1.29, 1.82) is 0 Å². The number of halogens is 2. The molecule has 0 amide bonds. The highest BCUT2D eigenvalue weighted by Gasteiger charge is 2.07. The Morgan fingerprint density at radius 3 is 2.88 bits per heavy atom. The number of rotatable bonds is 2. The average Bonchev–Trinajstić information content (AvgIpc) is 2.28. The summed E-state index contributed by atoms with van der Waals surface area (Å²) in [6, 6.07) is 7.30. The third-order valence-electron chi connectivity index (χ3n) is 2.20. The van der Waals surface area contributed by atoms with Crippen molar-refractivity contribution in [2.24, 2.45) is 0 Å². The predicted octanol–water partition coefficient (Wildman–Crippen LogP) is 3.52. The van der Waals surface area contributed by atoms with Crippen LogP contribution in [-0.4, -0.2) is 9.97 Å². The van der Waals surface area contributed by atoms with Gasteiger partial charge in [0.1, 0.15) is 0 Å². The highest BCUT2D eigenvalue weighted by molar-refractivity contribution is 7.71. The van der Waals surface area contributed by atoms with E-state index in [0.29, 0.717) is 17.1 Å². The first-order valence-corrected chi connectivity index (χ1v) is 5.42. The molecule has 1 aromatic heterocycles. The molecule has 16 heavy (non-hydrogen) atoms. The molecule has 0 spiro atoms. The molecule has 0 fully saturated rings. The van der Waals surface area contributed by atoms with Gasteiger partial charge in [-0.15, -0.1) is 0 Å². The van der Waals surface area contributed by atoms with Crippen molar-refractivity contribution in [3.05, 3.63) is 57.3 Å². The minimum absolute atomic E-state index is 0.0270. The number of nitrogens with one attached hydrogen (secondary N) is 1. The van der Waals surface area contributed by atoms with Gasteiger partial charge in [-0.05, 0) is 11.6 Å². The number of hydrogen-bond acceptors (Lipinski definition) is 2. The molecule has 5 heteroatoms. The van der Waals surface area contributed by atoms with Crippen LogP contribution in [0.3, 0.4) is 0 Å². The fourth-order valence-electron chi connectivity index (χ4n) is 1.38. The van der Waals surface area contributed by atoms with Crippen LogP contribution in [0.25, 0.3) is 0 Å². The first kappa shape index (κ1) is 11.2. The van der Waals surface area contributed by atoms with Gasteiger partial charge in [-0.2, -0.15) is 0 Å². The highest BCUT2D eigenvalue weighted by Crippen LogP contribution is 2.19. The molecule has 1 aromatic carbocycles. The summed E-state index contributed by atoms with van der Waals surface area (Å²) in [5.41, 5.74) is 1.24. The number of aromatic amines is 1. The molecule has 0 saturated carbocycles. The minimum Gasteiger partial charge on any atom is -0.347 e. The molecule has 0 aliphatic heterocycles. The quantitative estimate of drug-likeness (QED) is 0.831. The molecule has 1 heterocycles. The predicted molar refractivity (Wildman–Crippen MR) is 63.6 cm³/mol. The normalized spacial score (nSPS) is 10.4. The Morgan fingerprint density at radius 1 is 1.38 bits per heavy atom. The van der Waals surface area contributed by atoms with E-state index in [1.165, 1.54) is 6.33 Å². The van der Waals surface area contributed by atoms with Crippen LogP contribution >= 0.6 is 23.8 Å². The second-order valence-electron chi connectivity index (χ2n) is 3.27. The molecule has 2 aromatic rings. The van der Waals surface area contributed by atoms with Crippen LogP contribution in [0.2, 0.25) is 5.02 Å². The molecule has 82 valence electrons. The van der Waals surface area contributed by atoms with Crippen molar-refractivity contribution in [3.63, 3.8) is 0 Å². The lowest BCUT2D eigenvalue weighted by Gasteiger charge is -2.05. The molecule has 0 atom stereocenters. The van der Waals surface area contributed by atoms with E-state index in [0.717, 1.165) is 5.56 Å². The van der Waals surface area contributed by atoms with Crippen molar-refractivity contribution in [1.82, 2.24) is 9.97 Å². The standard InChI is InChI=1S/C11H8ClFN2S/c12-8-4-2-1-3-7(8)5-9-10(13)11(16)15-6-14-9/h1-4,6H,5H2,(H,14,15,16). The van der Waals surface area contributed by atoms with E-state index in [2.05, 4.69) is 9.97 Å². The number of benzene rings is 1. The molecule has 0 saturated heterocycles. The van der Waals surface area contributed by atoms with E-state index < -0.39 is 5.82 Å². The lowest BCUT2D eigenvalue weighted by molar-refractivity contribution is 0.590. The van der Waals surface area contributed by atoms with E-state index in [1.807, 2.05) is 18.2 Å². The van der Waals surface area contributed by atoms with Crippen LogP contribution in [0.4, 0.5) is 4.39 Å². The number of nitrogens with zero attached hydrogens (tertiary/aromatic N) is 1. The van der Waals surface area contributed by atoms with E-state index >= 15 is 0 Å². The Morgan fingerprint density at radius 2 is 2.12 bits per heavy atom. The number of H-pyrrole nitrogens is 1. The van der Waals surface area contributed by atoms with Gasteiger partial charge >= 0.3 is 0 Å². The second-order valence-corrected chi connectivity index (χ2v) is 4.06. The minimum atomic E-state index is -0.489. The van der Waals surface area contributed by atoms with Crippen LogP contribution < -0.4 is 0 Å². The Labute approximate surface area is 102 Å². The first-order chi connectivity index (χ1) is 7.68. The van der Waals surface area contributed by atoms with Gasteiger partial charge in [0.25, 0.3) is 0 Å². The van der Waals surface area contributed by atoms with E-state index in [1.54, 1.807) is 6.07 Å². The summed E-state index contributed by atoms with van der Waals surface area (Å²) in [6.45, 7) is 0. The smallest absolute Gasteiger partial charge is 0.179 e. The van der Waals surface area contributed by atoms with Crippen LogP contribution in [0.5, 0.6) is 0 Å². The Kier molecular flexibility index (Phi) is 3.31. The lowest BCUT2D eigenvalue weighted by atomic mass is 10.1. The van der Waals surface area contributed by atoms with Gasteiger partial charge in [-0.1, -0.05) is 42.0 Å². The van der Waals surface area contributed by atoms with E-state index in [4.69, 9.17) is 23.8 Å². The third kappa shape index (κ3) is 2.28. The van der Waals surface area contributed by atoms with Crippen LogP contribution in [0.1, 0.15) is 11.3 Å². The summed E-state index contributed by atoms with van der Waals surface area (Å²) in [4.78, 5) is 6.40. The lowest BCUT2D eigenvalue weighted by Crippen LogP contribution is -1.99. The third-order valence-corrected chi connectivity index (χ3v) is 2.85. The number of hydrogen-bond donors (Lipinski definition) is 1. The van der Waals surface area contributed by atoms with Crippen molar-refractivity contribution >= 4 is 23.8 Å². The van der Waals surface area contributed by atoms with Crippen molar-refractivity contribution in [2.75, 3.05) is 0 Å². The molecule has 2 rings (SSSR count). The summed E-state index contributed by atoms with van der Waals surface area (Å²) in [6.07, 6.45) is 1.76. The Bertz CT molecular complexity index is 568. The van der Waals surface area contributed by atoms with Gasteiger partial charge < -0.3 is 4.98 Å². The zero-order valence-electron chi connectivity index (χ0n) is 8.21. The van der Waals surface area contributed by atoms with Gasteiger partial charge in [-0.25, -0.2) is 9.37 Å². The zero-order valence-corrected chi connectivity index (χ0v) is 9.78. The average molecular weight is 255 g/mol. The van der Waals surface area contributed by atoms with Gasteiger partial charge in [0.05, 0.1) is 12.0 Å². The maximum atomic E-state index is 13.6. The molecular weight excluding hydrogens is 247 g/mol. The maximum Gasteiger partial charge on any atom is 0.179 e. The summed E-state index contributed by atoms with van der Waals surface area (Å²) < 4.78 is 13.6. The SMILES string of the molecule is Fc1c(Cc2ccccc2Cl)[nH]cnc1=S. The van der Waals surface area contributed by atoms with Gasteiger partial charge in [0.15, 0.2) is 10.5 Å². The molecule has 0 aliphatic rings. The Balaban J connectivity index is 2.38. The Hall–Kier alpha value is -1.26. The monoisotopic (exact) mass is 254 g/mol. The topological polar surface area (TPSA) is 28.7 Å². The van der Waals surface area contributed by atoms with Crippen LogP contribution in [0, 0.1) is 10.5 Å². The first-order valence-electron chi connectivity index (χ1n) is 4.64. The molecule has 0 radical (unpaired) electrons. The second kappa shape index (κ2) is 4.72. The molecule has 2 nitrogen and oxygen atoms in total. The van der Waals surface area contributed by atoms with Gasteiger partial charge in [0, 0.05) is 11.4 Å².